The van der Waals surface area contributed by atoms with Crippen LogP contribution in [0, 0.1) is 5.82 Å². The number of ether oxygens (including phenoxy) is 1. The lowest BCUT2D eigenvalue weighted by atomic mass is 10.0. The van der Waals surface area contributed by atoms with E-state index in [1.807, 2.05) is 12.1 Å². The fourth-order valence-corrected chi connectivity index (χ4v) is 5.14. The minimum absolute atomic E-state index is 0.290. The minimum Gasteiger partial charge on any atom is -0.491 e. The number of hydrogen-bond donors (Lipinski definition) is 0. The van der Waals surface area contributed by atoms with Crippen molar-refractivity contribution in [3.8, 4) is 17.1 Å². The van der Waals surface area contributed by atoms with Gasteiger partial charge in [-0.25, -0.2) is 9.37 Å². The molecule has 4 rings (SSSR count). The molecule has 0 atom stereocenters. The molecule has 208 valence electrons. The van der Waals surface area contributed by atoms with Crippen molar-refractivity contribution in [2.75, 3.05) is 26.2 Å². The molecule has 4 nitrogen and oxygen atoms in total. The van der Waals surface area contributed by atoms with Crippen LogP contribution in [0.4, 0.5) is 4.39 Å². The zero-order valence-electron chi connectivity index (χ0n) is 23.6. The molecule has 0 spiro atoms. The lowest BCUT2D eigenvalue weighted by Crippen LogP contribution is -2.25. The first-order chi connectivity index (χ1) is 19.0. The van der Waals surface area contributed by atoms with Crippen molar-refractivity contribution >= 4 is 22.6 Å². The predicted octanol–water partition coefficient (Wildman–Crippen LogP) is 8.58. The van der Waals surface area contributed by atoms with Gasteiger partial charge in [0.15, 0.2) is 0 Å². The van der Waals surface area contributed by atoms with Gasteiger partial charge in [-0.15, -0.1) is 0 Å². The molecule has 0 saturated carbocycles. The quantitative estimate of drug-likeness (QED) is 0.139. The van der Waals surface area contributed by atoms with Gasteiger partial charge in [-0.1, -0.05) is 75.2 Å². The summed E-state index contributed by atoms with van der Waals surface area (Å²) in [7, 11) is 0. The van der Waals surface area contributed by atoms with Gasteiger partial charge in [0.25, 0.3) is 0 Å². The van der Waals surface area contributed by atoms with Gasteiger partial charge in [0.05, 0.1) is 12.1 Å². The third-order valence-corrected chi connectivity index (χ3v) is 7.60. The van der Waals surface area contributed by atoms with Gasteiger partial charge in [-0.05, 0) is 68.5 Å². The van der Waals surface area contributed by atoms with Crippen molar-refractivity contribution in [3.63, 3.8) is 0 Å². The first-order valence-electron chi connectivity index (χ1n) is 14.4. The van der Waals surface area contributed by atoms with Crippen molar-refractivity contribution in [2.45, 2.75) is 65.8 Å². The molecule has 3 aromatic carbocycles. The molecule has 0 aliphatic heterocycles. The maximum atomic E-state index is 14.7. The average molecular weight is 550 g/mol. The van der Waals surface area contributed by atoms with E-state index in [4.69, 9.17) is 21.3 Å². The topological polar surface area (TPSA) is 30.3 Å². The van der Waals surface area contributed by atoms with Crippen LogP contribution in [0.25, 0.3) is 22.4 Å². The molecule has 0 amide bonds. The summed E-state index contributed by atoms with van der Waals surface area (Å²) in [4.78, 5) is 7.38. The molecule has 1 aromatic heterocycles. The Morgan fingerprint density at radius 2 is 1.54 bits per heavy atom. The highest BCUT2D eigenvalue weighted by atomic mass is 35.5. The molecular formula is C33H41ClFN3O. The number of benzene rings is 3. The van der Waals surface area contributed by atoms with E-state index < -0.39 is 0 Å². The summed E-state index contributed by atoms with van der Waals surface area (Å²) in [5, 5.41) is 0.774. The number of aromatic nitrogens is 2. The highest BCUT2D eigenvalue weighted by molar-refractivity contribution is 6.30. The third-order valence-electron chi connectivity index (χ3n) is 7.35. The highest BCUT2D eigenvalue weighted by Crippen LogP contribution is 2.32. The minimum atomic E-state index is -0.290. The van der Waals surface area contributed by atoms with E-state index in [2.05, 4.69) is 66.6 Å². The van der Waals surface area contributed by atoms with Gasteiger partial charge in [-0.2, -0.15) is 0 Å². The van der Waals surface area contributed by atoms with Crippen LogP contribution in [0.3, 0.4) is 0 Å². The molecule has 0 aliphatic carbocycles. The molecule has 0 radical (unpaired) electrons. The molecule has 1 heterocycles. The molecule has 4 aromatic rings. The average Bonchev–Trinajstić information content (AvgIpc) is 3.31. The number of hydrogen-bond acceptors (Lipinski definition) is 3. The van der Waals surface area contributed by atoms with Crippen LogP contribution in [-0.2, 0) is 19.4 Å². The zero-order chi connectivity index (χ0) is 27.6. The monoisotopic (exact) mass is 549 g/mol. The number of nitrogens with zero attached hydrogens (tertiary/aromatic N) is 3. The Balaban J connectivity index is 1.51. The second-order valence-electron chi connectivity index (χ2n) is 10.1. The van der Waals surface area contributed by atoms with Crippen LogP contribution in [0.1, 0.15) is 57.6 Å². The smallest absolute Gasteiger partial charge is 0.150 e. The van der Waals surface area contributed by atoms with Crippen molar-refractivity contribution in [1.29, 1.82) is 0 Å². The van der Waals surface area contributed by atoms with Gasteiger partial charge in [-0.3, -0.25) is 0 Å². The summed E-state index contributed by atoms with van der Waals surface area (Å²) in [6, 6.07) is 19.8. The molecule has 0 aliphatic rings. The molecular weight excluding hydrogens is 509 g/mol. The SMILES string of the molecule is CCCCn1c(-c2ccc(CCCc3ccc(Cl)cc3)cc2)nc2c(OCCCN(CC)CC)cc(F)cc21. The summed E-state index contributed by atoms with van der Waals surface area (Å²) in [5.74, 6) is 1.10. The summed E-state index contributed by atoms with van der Waals surface area (Å²) in [5.41, 5.74) is 5.17. The summed E-state index contributed by atoms with van der Waals surface area (Å²) < 4.78 is 23.0. The molecule has 6 heteroatoms. The molecule has 0 bridgehead atoms. The van der Waals surface area contributed by atoms with Crippen molar-refractivity contribution in [2.24, 2.45) is 0 Å². The predicted molar refractivity (Wildman–Crippen MR) is 161 cm³/mol. The van der Waals surface area contributed by atoms with E-state index in [9.17, 15) is 4.39 Å². The Morgan fingerprint density at radius 3 is 2.18 bits per heavy atom. The fraction of sp³-hybridized carbons (Fsp3) is 0.424. The van der Waals surface area contributed by atoms with E-state index in [1.54, 1.807) is 6.07 Å². The van der Waals surface area contributed by atoms with Crippen LogP contribution in [0.15, 0.2) is 60.7 Å². The summed E-state index contributed by atoms with van der Waals surface area (Å²) in [6.07, 6.45) is 6.04. The lowest BCUT2D eigenvalue weighted by molar-refractivity contribution is 0.250. The standard InChI is InChI=1S/C33H41ClFN3O/c1-4-7-21-38-30-23-29(35)24-31(39-22-9-20-37(5-2)6-3)32(30)36-33(38)27-16-12-25(13-17-27)10-8-11-26-14-18-28(34)19-15-26/h12-19,23-24H,4-11,20-22H2,1-3H3. The van der Waals surface area contributed by atoms with E-state index in [1.165, 1.54) is 17.2 Å². The number of fused-ring (bicyclic) bond motifs is 1. The fourth-order valence-electron chi connectivity index (χ4n) is 5.01. The summed E-state index contributed by atoms with van der Waals surface area (Å²) >= 11 is 6.00. The van der Waals surface area contributed by atoms with Gasteiger partial charge >= 0.3 is 0 Å². The molecule has 39 heavy (non-hydrogen) atoms. The van der Waals surface area contributed by atoms with E-state index in [0.717, 1.165) is 92.1 Å². The lowest BCUT2D eigenvalue weighted by Gasteiger charge is -2.17. The Labute approximate surface area is 237 Å². The Kier molecular flexibility index (Phi) is 10.8. The Bertz CT molecular complexity index is 1310. The second-order valence-corrected chi connectivity index (χ2v) is 10.6. The second kappa shape index (κ2) is 14.5. The van der Waals surface area contributed by atoms with E-state index >= 15 is 0 Å². The maximum Gasteiger partial charge on any atom is 0.150 e. The molecule has 0 unspecified atom stereocenters. The van der Waals surface area contributed by atoms with Gasteiger partial charge in [0.1, 0.15) is 22.9 Å². The number of imidazole rings is 1. The Morgan fingerprint density at radius 1 is 0.872 bits per heavy atom. The van der Waals surface area contributed by atoms with E-state index in [0.29, 0.717) is 12.4 Å². The highest BCUT2D eigenvalue weighted by Gasteiger charge is 2.18. The van der Waals surface area contributed by atoms with Crippen LogP contribution in [-0.4, -0.2) is 40.7 Å². The van der Waals surface area contributed by atoms with Gasteiger partial charge in [0, 0.05) is 35.8 Å². The van der Waals surface area contributed by atoms with E-state index in [-0.39, 0.29) is 5.82 Å². The van der Waals surface area contributed by atoms with Gasteiger partial charge in [0.2, 0.25) is 0 Å². The van der Waals surface area contributed by atoms with Crippen LogP contribution in [0.2, 0.25) is 5.02 Å². The first-order valence-corrected chi connectivity index (χ1v) is 14.8. The maximum absolute atomic E-state index is 14.7. The Hall–Kier alpha value is -2.89. The third kappa shape index (κ3) is 7.83. The molecule has 0 saturated heterocycles. The van der Waals surface area contributed by atoms with Crippen LogP contribution >= 0.6 is 11.6 Å². The van der Waals surface area contributed by atoms with Crippen molar-refractivity contribution < 1.29 is 9.13 Å². The number of unbranched alkanes of at least 4 members (excludes halogenated alkanes) is 1. The normalized spacial score (nSPS) is 11.5. The molecule has 0 N–H and O–H groups in total. The number of aryl methyl sites for hydroxylation is 3. The molecule has 0 fully saturated rings. The van der Waals surface area contributed by atoms with Crippen molar-refractivity contribution in [1.82, 2.24) is 14.5 Å². The van der Waals surface area contributed by atoms with Gasteiger partial charge < -0.3 is 14.2 Å². The first kappa shape index (κ1) is 29.1. The zero-order valence-corrected chi connectivity index (χ0v) is 24.3. The van der Waals surface area contributed by atoms with Crippen molar-refractivity contribution in [3.05, 3.63) is 82.6 Å². The largest absolute Gasteiger partial charge is 0.491 e. The number of rotatable bonds is 15. The van der Waals surface area contributed by atoms with Crippen LogP contribution < -0.4 is 4.74 Å². The summed E-state index contributed by atoms with van der Waals surface area (Å²) in [6.45, 7) is 10.8. The number of halogens is 2. The van der Waals surface area contributed by atoms with Crippen LogP contribution in [0.5, 0.6) is 5.75 Å².